The topological polar surface area (TPSA) is 131 Å². The Hall–Kier alpha value is -1.76. The predicted molar refractivity (Wildman–Crippen MR) is 47.2 cm³/mol. The number of nitro groups is 1. The van der Waals surface area contributed by atoms with Crippen molar-refractivity contribution in [2.75, 3.05) is 0 Å². The molecule has 0 saturated heterocycles. The number of nitrogens with one attached hydrogen (secondary N) is 1. The molecule has 1 aliphatic heterocycles. The van der Waals surface area contributed by atoms with E-state index in [9.17, 15) is 10.1 Å². The minimum Gasteiger partial charge on any atom is -0.386 e. The number of amidine groups is 1. The Morgan fingerprint density at radius 2 is 2.38 bits per heavy atom. The van der Waals surface area contributed by atoms with Gasteiger partial charge in [-0.3, -0.25) is 26.2 Å². The molecule has 0 aliphatic carbocycles. The van der Waals surface area contributed by atoms with Crippen LogP contribution in [0.1, 0.15) is 0 Å². The third kappa shape index (κ3) is 1.41. The highest BCUT2D eigenvalue weighted by Crippen LogP contribution is 2.16. The van der Waals surface area contributed by atoms with E-state index in [0.29, 0.717) is 0 Å². The molecule has 13 heavy (non-hydrogen) atoms. The van der Waals surface area contributed by atoms with Crippen molar-refractivity contribution in [3.05, 3.63) is 22.3 Å². The molecule has 1 rings (SSSR count). The molecule has 1 aliphatic rings. The van der Waals surface area contributed by atoms with Crippen LogP contribution in [0.3, 0.4) is 0 Å². The van der Waals surface area contributed by atoms with Gasteiger partial charge >= 0.3 is 5.66 Å². The maximum Gasteiger partial charge on any atom is 0.321 e. The quantitative estimate of drug-likeness (QED) is 0.164. The first-order valence-electron chi connectivity index (χ1n) is 3.47. The van der Waals surface area contributed by atoms with Crippen LogP contribution in [-0.2, 0) is 0 Å². The number of hydrogen-bond acceptors (Lipinski definition) is 5. The minimum atomic E-state index is -1.89. The molecule has 0 spiro atoms. The average Bonchev–Trinajstić information content (AvgIpc) is 2.04. The molecule has 2 atom stereocenters. The molecule has 0 bridgehead atoms. The number of hydrogen-bond donors (Lipinski definition) is 3. The highest BCUT2D eigenvalue weighted by atomic mass is 16.6. The van der Waals surface area contributed by atoms with E-state index in [2.05, 4.69) is 4.99 Å². The lowest BCUT2D eigenvalue weighted by atomic mass is 9.99. The van der Waals surface area contributed by atoms with Gasteiger partial charge in [0.2, 0.25) is 0 Å². The first kappa shape index (κ1) is 9.33. The molecule has 1 heterocycles. The first-order valence-corrected chi connectivity index (χ1v) is 3.47. The molecular formula is C6H9N5O2. The summed E-state index contributed by atoms with van der Waals surface area (Å²) in [4.78, 5) is 13.6. The smallest absolute Gasteiger partial charge is 0.321 e. The molecule has 70 valence electrons. The zero-order chi connectivity index (χ0) is 10.1. The fourth-order valence-corrected chi connectivity index (χ4v) is 1.03. The Labute approximate surface area is 73.8 Å². The Kier molecular flexibility index (Phi) is 2.11. The van der Waals surface area contributed by atoms with Crippen molar-refractivity contribution in [2.24, 2.45) is 16.5 Å². The Morgan fingerprint density at radius 3 is 2.77 bits per heavy atom. The van der Waals surface area contributed by atoms with E-state index in [4.69, 9.17) is 16.9 Å². The van der Waals surface area contributed by atoms with Gasteiger partial charge in [-0.25, -0.2) is 0 Å². The van der Waals surface area contributed by atoms with Gasteiger partial charge in [-0.05, 0) is 6.08 Å². The van der Waals surface area contributed by atoms with Crippen LogP contribution in [-0.4, -0.2) is 28.7 Å². The standard InChI is InChI=1S/C6H9N5O2/c7-5(8)4-6(9,11(12)13)2-1-3-10-4/h1-4H,9H2,(H3,7,8). The molecule has 0 aromatic carbocycles. The highest BCUT2D eigenvalue weighted by molar-refractivity contribution is 5.88. The van der Waals surface area contributed by atoms with Gasteiger partial charge in [0.15, 0.2) is 6.04 Å². The predicted octanol–water partition coefficient (Wildman–Crippen LogP) is -1.14. The van der Waals surface area contributed by atoms with Gasteiger partial charge in [0, 0.05) is 17.2 Å². The molecule has 0 amide bonds. The Morgan fingerprint density at radius 1 is 1.77 bits per heavy atom. The zero-order valence-electron chi connectivity index (χ0n) is 6.68. The lowest BCUT2D eigenvalue weighted by Crippen LogP contribution is -2.60. The van der Waals surface area contributed by atoms with E-state index in [1.807, 2.05) is 0 Å². The van der Waals surface area contributed by atoms with E-state index in [-0.39, 0.29) is 0 Å². The molecule has 0 fully saturated rings. The van der Waals surface area contributed by atoms with Gasteiger partial charge in [-0.15, -0.1) is 0 Å². The van der Waals surface area contributed by atoms with Crippen molar-refractivity contribution < 1.29 is 4.92 Å². The summed E-state index contributed by atoms with van der Waals surface area (Å²) in [6.07, 6.45) is 3.87. The van der Waals surface area contributed by atoms with Gasteiger partial charge in [0.05, 0.1) is 0 Å². The summed E-state index contributed by atoms with van der Waals surface area (Å²) >= 11 is 0. The van der Waals surface area contributed by atoms with E-state index in [0.717, 1.165) is 0 Å². The second-order valence-electron chi connectivity index (χ2n) is 2.66. The van der Waals surface area contributed by atoms with Gasteiger partial charge in [-0.2, -0.15) is 0 Å². The maximum atomic E-state index is 10.6. The van der Waals surface area contributed by atoms with Crippen molar-refractivity contribution in [3.63, 3.8) is 0 Å². The number of rotatable bonds is 2. The molecule has 0 aromatic rings. The van der Waals surface area contributed by atoms with Crippen molar-refractivity contribution in [1.29, 1.82) is 5.41 Å². The molecular weight excluding hydrogens is 174 g/mol. The Bertz CT molecular complexity index is 310. The number of nitrogens with two attached hydrogens (primary N) is 2. The molecule has 2 unspecified atom stereocenters. The van der Waals surface area contributed by atoms with Crippen LogP contribution in [0.2, 0.25) is 0 Å². The lowest BCUT2D eigenvalue weighted by molar-refractivity contribution is -0.554. The third-order valence-corrected chi connectivity index (χ3v) is 1.73. The van der Waals surface area contributed by atoms with Gasteiger partial charge in [0.25, 0.3) is 0 Å². The summed E-state index contributed by atoms with van der Waals surface area (Å²) in [5.41, 5.74) is 8.67. The summed E-state index contributed by atoms with van der Waals surface area (Å²) in [5.74, 6) is -0.417. The van der Waals surface area contributed by atoms with Gasteiger partial charge < -0.3 is 5.73 Å². The number of aliphatic imine (C=N–C) groups is 1. The van der Waals surface area contributed by atoms with Crippen molar-refractivity contribution in [2.45, 2.75) is 11.7 Å². The average molecular weight is 183 g/mol. The van der Waals surface area contributed by atoms with Gasteiger partial charge in [-0.1, -0.05) is 0 Å². The van der Waals surface area contributed by atoms with Gasteiger partial charge in [0.1, 0.15) is 5.84 Å². The summed E-state index contributed by atoms with van der Waals surface area (Å²) in [6.45, 7) is 0. The van der Waals surface area contributed by atoms with Crippen LogP contribution in [0.5, 0.6) is 0 Å². The molecule has 7 heteroatoms. The molecule has 0 saturated carbocycles. The van der Waals surface area contributed by atoms with Crippen molar-refractivity contribution in [1.82, 2.24) is 0 Å². The molecule has 0 aromatic heterocycles. The fraction of sp³-hybridized carbons (Fsp3) is 0.333. The second kappa shape index (κ2) is 2.94. The normalized spacial score (nSPS) is 31.6. The third-order valence-electron chi connectivity index (χ3n) is 1.73. The van der Waals surface area contributed by atoms with Crippen molar-refractivity contribution in [3.8, 4) is 0 Å². The van der Waals surface area contributed by atoms with Crippen LogP contribution < -0.4 is 11.5 Å². The lowest BCUT2D eigenvalue weighted by Gasteiger charge is -2.24. The Balaban J connectivity index is 3.07. The van der Waals surface area contributed by atoms with Crippen LogP contribution in [0, 0.1) is 15.5 Å². The summed E-state index contributed by atoms with van der Waals surface area (Å²) < 4.78 is 0. The van der Waals surface area contributed by atoms with Crippen LogP contribution in [0.4, 0.5) is 0 Å². The molecule has 5 N–H and O–H groups in total. The molecule has 0 radical (unpaired) electrons. The largest absolute Gasteiger partial charge is 0.386 e. The SMILES string of the molecule is N=C(N)C1N=CC=CC1(N)[N+](=O)[O-]. The summed E-state index contributed by atoms with van der Waals surface area (Å²) in [6, 6.07) is -1.12. The van der Waals surface area contributed by atoms with Crippen molar-refractivity contribution >= 4 is 12.1 Å². The van der Waals surface area contributed by atoms with Crippen LogP contribution in [0.15, 0.2) is 17.1 Å². The summed E-state index contributed by atoms with van der Waals surface area (Å²) in [5, 5.41) is 17.7. The highest BCUT2D eigenvalue weighted by Gasteiger charge is 2.47. The number of dihydropyridines is 1. The minimum absolute atomic E-state index is 0.417. The first-order chi connectivity index (χ1) is 5.98. The molecule has 7 nitrogen and oxygen atoms in total. The van der Waals surface area contributed by atoms with E-state index >= 15 is 0 Å². The van der Waals surface area contributed by atoms with E-state index in [1.165, 1.54) is 18.4 Å². The number of nitrogens with zero attached hydrogens (tertiary/aromatic N) is 2. The zero-order valence-corrected chi connectivity index (χ0v) is 6.68. The summed E-state index contributed by atoms with van der Waals surface area (Å²) in [7, 11) is 0. The van der Waals surface area contributed by atoms with Crippen LogP contribution in [0.25, 0.3) is 0 Å². The monoisotopic (exact) mass is 183 g/mol. The fourth-order valence-electron chi connectivity index (χ4n) is 1.03. The number of allylic oxidation sites excluding steroid dienone is 1. The second-order valence-corrected chi connectivity index (χ2v) is 2.66. The van der Waals surface area contributed by atoms with Crippen LogP contribution >= 0.6 is 0 Å². The van der Waals surface area contributed by atoms with E-state index in [1.54, 1.807) is 0 Å². The maximum absolute atomic E-state index is 10.6. The van der Waals surface area contributed by atoms with E-state index < -0.39 is 22.5 Å².